The van der Waals surface area contributed by atoms with Gasteiger partial charge in [-0.2, -0.15) is 0 Å². The molecule has 0 unspecified atom stereocenters. The van der Waals surface area contributed by atoms with Crippen LogP contribution >= 0.6 is 11.6 Å². The maximum absolute atomic E-state index is 10.1. The van der Waals surface area contributed by atoms with Crippen molar-refractivity contribution >= 4 is 22.9 Å². The average Bonchev–Trinajstić information content (AvgIpc) is 1.63. The van der Waals surface area contributed by atoms with Gasteiger partial charge in [0.25, 0.3) is 5.24 Å². The van der Waals surface area contributed by atoms with E-state index in [1.807, 2.05) is 0 Å². The SMILES string of the molecule is C[C@@H](OC(N)=O)C(=O)Cl. The van der Waals surface area contributed by atoms with Crippen LogP contribution in [0.25, 0.3) is 0 Å². The van der Waals surface area contributed by atoms with Crippen molar-refractivity contribution in [1.29, 1.82) is 0 Å². The van der Waals surface area contributed by atoms with E-state index in [1.165, 1.54) is 6.92 Å². The summed E-state index contributed by atoms with van der Waals surface area (Å²) in [4.78, 5) is 20.0. The van der Waals surface area contributed by atoms with Crippen LogP contribution in [-0.4, -0.2) is 17.4 Å². The van der Waals surface area contributed by atoms with E-state index in [4.69, 9.17) is 11.6 Å². The van der Waals surface area contributed by atoms with E-state index in [0.29, 0.717) is 0 Å². The monoisotopic (exact) mass is 151 g/mol. The number of nitrogens with two attached hydrogens (primary N) is 1. The fraction of sp³-hybridized carbons (Fsp3) is 0.500. The molecule has 0 heterocycles. The minimum atomic E-state index is -1.00. The predicted molar refractivity (Wildman–Crippen MR) is 31.0 cm³/mol. The highest BCUT2D eigenvalue weighted by Gasteiger charge is 2.11. The summed E-state index contributed by atoms with van der Waals surface area (Å²) < 4.78 is 4.17. The van der Waals surface area contributed by atoms with Gasteiger partial charge in [-0.25, -0.2) is 4.79 Å². The highest BCUT2D eigenvalue weighted by Crippen LogP contribution is 1.94. The zero-order valence-electron chi connectivity index (χ0n) is 4.76. The highest BCUT2D eigenvalue weighted by molar-refractivity contribution is 6.64. The molecule has 0 saturated carbocycles. The van der Waals surface area contributed by atoms with Crippen LogP contribution in [-0.2, 0) is 9.53 Å². The second kappa shape index (κ2) is 3.29. The smallest absolute Gasteiger partial charge is 0.405 e. The van der Waals surface area contributed by atoms with E-state index in [1.54, 1.807) is 0 Å². The molecule has 1 amide bonds. The molecule has 0 fully saturated rings. The highest BCUT2D eigenvalue weighted by atomic mass is 35.5. The Morgan fingerprint density at radius 1 is 1.67 bits per heavy atom. The number of halogens is 1. The van der Waals surface area contributed by atoms with Crippen molar-refractivity contribution in [2.75, 3.05) is 0 Å². The third-order valence-electron chi connectivity index (χ3n) is 0.613. The van der Waals surface area contributed by atoms with Crippen LogP contribution in [0.15, 0.2) is 0 Å². The summed E-state index contributed by atoms with van der Waals surface area (Å²) in [6.45, 7) is 1.33. The second-order valence-electron chi connectivity index (χ2n) is 1.38. The molecule has 2 N–H and O–H groups in total. The van der Waals surface area contributed by atoms with Gasteiger partial charge in [0.05, 0.1) is 0 Å². The molecule has 0 aliphatic heterocycles. The molecule has 0 aromatic carbocycles. The third kappa shape index (κ3) is 3.78. The van der Waals surface area contributed by atoms with Gasteiger partial charge in [-0.05, 0) is 18.5 Å². The minimum absolute atomic E-state index is 0.742. The number of rotatable bonds is 2. The molecule has 4 nitrogen and oxygen atoms in total. The molecule has 0 saturated heterocycles. The van der Waals surface area contributed by atoms with E-state index < -0.39 is 17.4 Å². The van der Waals surface area contributed by atoms with E-state index in [9.17, 15) is 9.59 Å². The first-order chi connectivity index (χ1) is 4.04. The van der Waals surface area contributed by atoms with Gasteiger partial charge in [0.2, 0.25) is 0 Å². The Morgan fingerprint density at radius 2 is 2.11 bits per heavy atom. The van der Waals surface area contributed by atoms with E-state index >= 15 is 0 Å². The minimum Gasteiger partial charge on any atom is -0.437 e. The average molecular weight is 152 g/mol. The Balaban J connectivity index is 3.63. The Hall–Kier alpha value is -0.770. The number of ether oxygens (including phenoxy) is 1. The molecule has 0 bridgehead atoms. The lowest BCUT2D eigenvalue weighted by atomic mass is 10.5. The first-order valence-corrected chi connectivity index (χ1v) is 2.57. The summed E-state index contributed by atoms with van der Waals surface area (Å²) in [7, 11) is 0. The summed E-state index contributed by atoms with van der Waals surface area (Å²) in [5, 5.41) is -0.742. The van der Waals surface area contributed by atoms with E-state index in [-0.39, 0.29) is 0 Å². The molecule has 0 aromatic rings. The van der Waals surface area contributed by atoms with Gasteiger partial charge in [-0.1, -0.05) is 0 Å². The first kappa shape index (κ1) is 8.23. The molecular weight excluding hydrogens is 146 g/mol. The van der Waals surface area contributed by atoms with E-state index in [0.717, 1.165) is 0 Å². The molecule has 9 heavy (non-hydrogen) atoms. The summed E-state index contributed by atoms with van der Waals surface area (Å²) in [6.07, 6.45) is -1.96. The fourth-order valence-electron chi connectivity index (χ4n) is 0.221. The molecule has 52 valence electrons. The lowest BCUT2D eigenvalue weighted by molar-refractivity contribution is -0.118. The standard InChI is InChI=1S/C4H6ClNO3/c1-2(3(5)7)9-4(6)8/h2H,1H3,(H2,6,8)/t2-/m1/s1. The fourth-order valence-corrected chi connectivity index (χ4v) is 0.265. The topological polar surface area (TPSA) is 69.4 Å². The quantitative estimate of drug-likeness (QED) is 0.575. The molecule has 0 rings (SSSR count). The van der Waals surface area contributed by atoms with E-state index in [2.05, 4.69) is 10.5 Å². The van der Waals surface area contributed by atoms with Crippen LogP contribution in [0.3, 0.4) is 0 Å². The van der Waals surface area contributed by atoms with Crippen molar-refractivity contribution in [1.82, 2.24) is 0 Å². The van der Waals surface area contributed by atoms with Gasteiger partial charge in [0, 0.05) is 0 Å². The number of carbonyl (C=O) groups is 2. The number of amides is 1. The van der Waals surface area contributed by atoms with Crippen LogP contribution in [0.2, 0.25) is 0 Å². The van der Waals surface area contributed by atoms with Crippen LogP contribution < -0.4 is 5.73 Å². The van der Waals surface area contributed by atoms with Crippen molar-refractivity contribution in [2.45, 2.75) is 13.0 Å². The van der Waals surface area contributed by atoms with Gasteiger partial charge < -0.3 is 10.5 Å². The first-order valence-electron chi connectivity index (χ1n) is 2.19. The van der Waals surface area contributed by atoms with Crippen molar-refractivity contribution in [2.24, 2.45) is 5.73 Å². The molecule has 5 heteroatoms. The van der Waals surface area contributed by atoms with Crippen molar-refractivity contribution in [3.8, 4) is 0 Å². The van der Waals surface area contributed by atoms with Crippen LogP contribution in [0, 0.1) is 0 Å². The largest absolute Gasteiger partial charge is 0.437 e. The molecule has 0 spiro atoms. The number of carbonyl (C=O) groups excluding carboxylic acids is 2. The Bertz CT molecular complexity index is 136. The van der Waals surface area contributed by atoms with Gasteiger partial charge >= 0.3 is 6.09 Å². The van der Waals surface area contributed by atoms with Crippen molar-refractivity contribution in [3.63, 3.8) is 0 Å². The summed E-state index contributed by atoms with van der Waals surface area (Å²) in [5.41, 5.74) is 4.56. The molecular formula is C4H6ClNO3. The number of hydrogen-bond acceptors (Lipinski definition) is 3. The van der Waals surface area contributed by atoms with Gasteiger partial charge in [-0.3, -0.25) is 4.79 Å². The zero-order valence-corrected chi connectivity index (χ0v) is 5.51. The number of hydrogen-bond donors (Lipinski definition) is 1. The maximum Gasteiger partial charge on any atom is 0.405 e. The predicted octanol–water partition coefficient (Wildman–Crippen LogP) is 0.236. The molecule has 0 aliphatic carbocycles. The summed E-state index contributed by atoms with van der Waals surface area (Å²) in [5.74, 6) is 0. The van der Waals surface area contributed by atoms with Crippen LogP contribution in [0.4, 0.5) is 4.79 Å². The normalized spacial score (nSPS) is 12.2. The maximum atomic E-state index is 10.1. The van der Waals surface area contributed by atoms with Crippen LogP contribution in [0.5, 0.6) is 0 Å². The second-order valence-corrected chi connectivity index (χ2v) is 1.76. The lowest BCUT2D eigenvalue weighted by Gasteiger charge is -2.03. The molecule has 0 aromatic heterocycles. The van der Waals surface area contributed by atoms with Gasteiger partial charge in [0.15, 0.2) is 6.10 Å². The molecule has 0 aliphatic rings. The Morgan fingerprint density at radius 3 is 2.22 bits per heavy atom. The number of primary amides is 1. The Kier molecular flexibility index (Phi) is 3.01. The van der Waals surface area contributed by atoms with Gasteiger partial charge in [0.1, 0.15) is 0 Å². The van der Waals surface area contributed by atoms with Crippen molar-refractivity contribution in [3.05, 3.63) is 0 Å². The van der Waals surface area contributed by atoms with Gasteiger partial charge in [-0.15, -0.1) is 0 Å². The molecule has 0 radical (unpaired) electrons. The lowest BCUT2D eigenvalue weighted by Crippen LogP contribution is -2.24. The third-order valence-corrected chi connectivity index (χ3v) is 0.920. The summed E-state index contributed by atoms with van der Waals surface area (Å²) in [6, 6.07) is 0. The Labute approximate surface area is 56.9 Å². The van der Waals surface area contributed by atoms with Crippen molar-refractivity contribution < 1.29 is 14.3 Å². The summed E-state index contributed by atoms with van der Waals surface area (Å²) >= 11 is 4.90. The van der Waals surface area contributed by atoms with Crippen LogP contribution in [0.1, 0.15) is 6.92 Å². The zero-order chi connectivity index (χ0) is 7.44. The molecule has 1 atom stereocenters.